The van der Waals surface area contributed by atoms with Crippen molar-refractivity contribution in [2.75, 3.05) is 40.5 Å². The molecule has 6 heteroatoms. The smallest absolute Gasteiger partial charge is 0.191 e. The zero-order chi connectivity index (χ0) is 37.5. The fourth-order valence-electron chi connectivity index (χ4n) is 7.33. The van der Waals surface area contributed by atoms with E-state index in [0.717, 1.165) is 25.3 Å². The Morgan fingerprint density at radius 3 is 1.59 bits per heavy atom. The van der Waals surface area contributed by atoms with Gasteiger partial charge in [-0.05, 0) is 139 Å². The summed E-state index contributed by atoms with van der Waals surface area (Å²) in [6, 6.07) is 27.3. The first-order chi connectivity index (χ1) is 23.9. The molecular formula is C45H71NO3Si2. The zero-order valence-electron chi connectivity index (χ0n) is 34.5. The lowest BCUT2D eigenvalue weighted by Crippen LogP contribution is -2.39. The van der Waals surface area contributed by atoms with Crippen LogP contribution in [0.15, 0.2) is 72.8 Å². The Morgan fingerprint density at radius 1 is 0.647 bits per heavy atom. The monoisotopic (exact) mass is 729 g/mol. The standard InChI is InChI=1S/C31H35NO.2C7H18OSi/c1-6-16-32(17-7-1)18-19-33-28-14-12-24(13-15-28)20-30-29-11-5-4-10-27(29)23-31(30)21-25-8-2-3-9-26(25)22-31;2*1-7(2,3)9(5,6)8-4/h2-5,8-15,30H,1,6-7,16-23H2;2*1-6H3. The van der Waals surface area contributed by atoms with E-state index in [1.165, 1.54) is 57.2 Å². The first-order valence-corrected chi connectivity index (χ1v) is 25.4. The van der Waals surface area contributed by atoms with Crippen LogP contribution in [0.3, 0.4) is 0 Å². The molecule has 1 unspecified atom stereocenters. The van der Waals surface area contributed by atoms with E-state index < -0.39 is 16.6 Å². The van der Waals surface area contributed by atoms with E-state index in [0.29, 0.717) is 21.4 Å². The summed E-state index contributed by atoms with van der Waals surface area (Å²) in [4.78, 5) is 2.54. The quantitative estimate of drug-likeness (QED) is 0.216. The van der Waals surface area contributed by atoms with Crippen LogP contribution in [0.25, 0.3) is 0 Å². The van der Waals surface area contributed by atoms with Gasteiger partial charge in [-0.25, -0.2) is 0 Å². The SMILES string of the molecule is CO[Si](C)(C)C(C)(C)C.CO[Si](C)(C)C(C)(C)C.c1ccc2c(c1)CC1(C2)Cc2ccccc2C1Cc1ccc(OCCN2CCCCC2)cc1. The average Bonchev–Trinajstić information content (AvgIpc) is 3.61. The minimum atomic E-state index is -1.38. The van der Waals surface area contributed by atoms with Gasteiger partial charge in [-0.3, -0.25) is 4.90 Å². The van der Waals surface area contributed by atoms with Gasteiger partial charge in [0, 0.05) is 20.8 Å². The molecule has 51 heavy (non-hydrogen) atoms. The Balaban J connectivity index is 0.000000269. The number of ether oxygens (including phenoxy) is 1. The van der Waals surface area contributed by atoms with Gasteiger partial charge in [-0.1, -0.05) is 109 Å². The van der Waals surface area contributed by atoms with Gasteiger partial charge in [0.2, 0.25) is 0 Å². The Kier molecular flexibility index (Phi) is 14.1. The van der Waals surface area contributed by atoms with E-state index in [1.807, 2.05) is 14.2 Å². The van der Waals surface area contributed by atoms with Crippen molar-refractivity contribution in [1.29, 1.82) is 0 Å². The zero-order valence-corrected chi connectivity index (χ0v) is 36.5. The van der Waals surface area contributed by atoms with Crippen LogP contribution in [0.1, 0.15) is 94.5 Å². The number of likely N-dealkylation sites (tertiary alicyclic amines) is 1. The normalized spacial score (nSPS) is 18.6. The summed E-state index contributed by atoms with van der Waals surface area (Å²) in [5.41, 5.74) is 8.02. The molecule has 0 radical (unpaired) electrons. The molecule has 1 saturated heterocycles. The molecule has 0 bridgehead atoms. The third kappa shape index (κ3) is 10.7. The van der Waals surface area contributed by atoms with Gasteiger partial charge < -0.3 is 13.6 Å². The number of rotatable bonds is 8. The second kappa shape index (κ2) is 17.3. The summed E-state index contributed by atoms with van der Waals surface area (Å²) in [6.45, 7) is 26.7. The highest BCUT2D eigenvalue weighted by atomic mass is 28.4. The molecule has 4 nitrogen and oxygen atoms in total. The van der Waals surface area contributed by atoms with Crippen LogP contribution in [-0.4, -0.2) is 62.0 Å². The highest BCUT2D eigenvalue weighted by Gasteiger charge is 2.49. The van der Waals surface area contributed by atoms with Crippen LogP contribution < -0.4 is 4.74 Å². The molecule has 0 N–H and O–H groups in total. The lowest BCUT2D eigenvalue weighted by molar-refractivity contribution is 0.183. The highest BCUT2D eigenvalue weighted by Crippen LogP contribution is 2.56. The van der Waals surface area contributed by atoms with Gasteiger partial charge in [0.25, 0.3) is 0 Å². The van der Waals surface area contributed by atoms with E-state index in [9.17, 15) is 0 Å². The first kappa shape index (κ1) is 41.5. The van der Waals surface area contributed by atoms with Crippen LogP contribution in [0.2, 0.25) is 36.3 Å². The number of nitrogens with zero attached hydrogens (tertiary/aromatic N) is 1. The average molecular weight is 730 g/mol. The van der Waals surface area contributed by atoms with Gasteiger partial charge in [0.05, 0.1) is 0 Å². The number of benzene rings is 3. The third-order valence-electron chi connectivity index (χ3n) is 13.0. The topological polar surface area (TPSA) is 30.9 Å². The van der Waals surface area contributed by atoms with Crippen molar-refractivity contribution in [3.8, 4) is 5.75 Å². The number of piperidine rings is 1. The molecule has 6 rings (SSSR count). The highest BCUT2D eigenvalue weighted by molar-refractivity contribution is 6.74. The van der Waals surface area contributed by atoms with Crippen LogP contribution in [0, 0.1) is 5.41 Å². The Morgan fingerprint density at radius 2 is 1.12 bits per heavy atom. The molecule has 1 spiro atoms. The molecule has 1 atom stereocenters. The molecule has 3 aliphatic rings. The molecule has 0 aromatic heterocycles. The maximum atomic E-state index is 6.08. The van der Waals surface area contributed by atoms with Crippen molar-refractivity contribution in [3.05, 3.63) is 101 Å². The minimum absolute atomic E-state index is 0.330. The molecular weight excluding hydrogens is 659 g/mol. The van der Waals surface area contributed by atoms with E-state index in [2.05, 4.69) is 145 Å². The van der Waals surface area contributed by atoms with E-state index in [-0.39, 0.29) is 0 Å². The lowest BCUT2D eigenvalue weighted by Gasteiger charge is -2.34. The van der Waals surface area contributed by atoms with Crippen molar-refractivity contribution in [1.82, 2.24) is 4.90 Å². The Labute approximate surface area is 315 Å². The van der Waals surface area contributed by atoms with E-state index in [4.69, 9.17) is 13.6 Å². The van der Waals surface area contributed by atoms with Crippen molar-refractivity contribution in [2.45, 2.75) is 129 Å². The molecule has 282 valence electrons. The van der Waals surface area contributed by atoms with Crippen LogP contribution >= 0.6 is 0 Å². The Hall–Kier alpha value is -2.23. The lowest BCUT2D eigenvalue weighted by atomic mass is 9.71. The molecule has 0 saturated carbocycles. The summed E-state index contributed by atoms with van der Waals surface area (Å²) in [5, 5.41) is 0.726. The predicted octanol–water partition coefficient (Wildman–Crippen LogP) is 11.5. The van der Waals surface area contributed by atoms with Crippen LogP contribution in [-0.2, 0) is 34.5 Å². The van der Waals surface area contributed by atoms with Crippen LogP contribution in [0.4, 0.5) is 0 Å². The number of fused-ring (bicyclic) bond motifs is 2. The van der Waals surface area contributed by atoms with E-state index in [1.54, 1.807) is 22.3 Å². The molecule has 1 fully saturated rings. The van der Waals surface area contributed by atoms with Gasteiger partial charge in [-0.15, -0.1) is 0 Å². The molecule has 3 aromatic carbocycles. The third-order valence-corrected chi connectivity index (χ3v) is 22.3. The molecule has 3 aromatic rings. The fraction of sp³-hybridized carbons (Fsp3) is 0.600. The van der Waals surface area contributed by atoms with Crippen molar-refractivity contribution in [2.24, 2.45) is 5.41 Å². The van der Waals surface area contributed by atoms with Gasteiger partial charge in [0.1, 0.15) is 12.4 Å². The molecule has 1 aliphatic heterocycles. The van der Waals surface area contributed by atoms with Crippen LogP contribution in [0.5, 0.6) is 5.75 Å². The Bertz CT molecular complexity index is 1460. The summed E-state index contributed by atoms with van der Waals surface area (Å²) in [5.74, 6) is 1.58. The minimum Gasteiger partial charge on any atom is -0.492 e. The van der Waals surface area contributed by atoms with E-state index >= 15 is 0 Å². The molecule has 2 aliphatic carbocycles. The second-order valence-corrected chi connectivity index (χ2v) is 28.3. The van der Waals surface area contributed by atoms with Gasteiger partial charge in [0.15, 0.2) is 16.6 Å². The van der Waals surface area contributed by atoms with Gasteiger partial charge >= 0.3 is 0 Å². The summed E-state index contributed by atoms with van der Waals surface area (Å²) in [6.07, 6.45) is 8.80. The van der Waals surface area contributed by atoms with Gasteiger partial charge in [-0.2, -0.15) is 0 Å². The molecule has 0 amide bonds. The molecule has 1 heterocycles. The summed E-state index contributed by atoms with van der Waals surface area (Å²) >= 11 is 0. The number of hydrogen-bond donors (Lipinski definition) is 0. The predicted molar refractivity (Wildman–Crippen MR) is 224 cm³/mol. The van der Waals surface area contributed by atoms with Crippen molar-refractivity contribution >= 4 is 16.6 Å². The maximum Gasteiger partial charge on any atom is 0.191 e. The largest absolute Gasteiger partial charge is 0.492 e. The number of hydrogen-bond acceptors (Lipinski definition) is 4. The van der Waals surface area contributed by atoms with Crippen molar-refractivity contribution < 1.29 is 13.6 Å². The maximum absolute atomic E-state index is 6.08. The fourth-order valence-corrected chi connectivity index (χ4v) is 8.56. The first-order valence-electron chi connectivity index (χ1n) is 19.6. The summed E-state index contributed by atoms with van der Waals surface area (Å²) < 4.78 is 17.0. The summed E-state index contributed by atoms with van der Waals surface area (Å²) in [7, 11) is 0.876. The second-order valence-electron chi connectivity index (χ2n) is 18.4. The van der Waals surface area contributed by atoms with Crippen molar-refractivity contribution in [3.63, 3.8) is 0 Å².